The van der Waals surface area contributed by atoms with Crippen molar-refractivity contribution in [1.29, 1.82) is 0 Å². The molecule has 3 rings (SSSR count). The summed E-state index contributed by atoms with van der Waals surface area (Å²) >= 11 is 4.92. The Kier molecular flexibility index (Phi) is 3.90. The Labute approximate surface area is 133 Å². The molecule has 0 fully saturated rings. The van der Waals surface area contributed by atoms with Crippen molar-refractivity contribution in [3.8, 4) is 5.75 Å². The van der Waals surface area contributed by atoms with Crippen LogP contribution in [0.5, 0.6) is 5.75 Å². The number of benzene rings is 1. The average Bonchev–Trinajstić information content (AvgIpc) is 3.10. The number of thiophene rings is 1. The number of methoxy groups -OCH3 is 1. The van der Waals surface area contributed by atoms with E-state index >= 15 is 0 Å². The summed E-state index contributed by atoms with van der Waals surface area (Å²) in [7, 11) is 1.56. The fraction of sp³-hybridized carbons (Fsp3) is 0.0667. The zero-order valence-corrected chi connectivity index (χ0v) is 13.4. The third-order valence-corrected chi connectivity index (χ3v) is 4.15. The third kappa shape index (κ3) is 2.91. The molecule has 0 N–H and O–H groups in total. The Morgan fingerprint density at radius 1 is 1.38 bits per heavy atom. The van der Waals surface area contributed by atoms with Gasteiger partial charge in [-0.3, -0.25) is 0 Å². The number of cyclic esters (lactones) is 1. The van der Waals surface area contributed by atoms with Crippen LogP contribution in [0.25, 0.3) is 6.08 Å². The highest BCUT2D eigenvalue weighted by atomic mass is 79.9. The van der Waals surface area contributed by atoms with Crippen LogP contribution in [0, 0.1) is 0 Å². The highest BCUT2D eigenvalue weighted by Crippen LogP contribution is 2.28. The fourth-order valence-electron chi connectivity index (χ4n) is 1.88. The first-order chi connectivity index (χ1) is 10.2. The molecule has 21 heavy (non-hydrogen) atoms. The number of ether oxygens (including phenoxy) is 2. The van der Waals surface area contributed by atoms with Gasteiger partial charge in [0.1, 0.15) is 5.75 Å². The largest absolute Gasteiger partial charge is 0.496 e. The molecule has 0 aliphatic carbocycles. The number of aliphatic imine (C=N–C) groups is 1. The van der Waals surface area contributed by atoms with Gasteiger partial charge < -0.3 is 9.47 Å². The molecule has 1 aliphatic rings. The summed E-state index contributed by atoms with van der Waals surface area (Å²) in [4.78, 5) is 17.1. The van der Waals surface area contributed by atoms with Crippen LogP contribution in [-0.2, 0) is 9.53 Å². The Hall–Kier alpha value is -1.92. The van der Waals surface area contributed by atoms with Crippen LogP contribution < -0.4 is 4.74 Å². The topological polar surface area (TPSA) is 47.9 Å². The Morgan fingerprint density at radius 3 is 2.95 bits per heavy atom. The van der Waals surface area contributed by atoms with Crippen LogP contribution in [0.3, 0.4) is 0 Å². The van der Waals surface area contributed by atoms with Gasteiger partial charge in [-0.25, -0.2) is 9.79 Å². The van der Waals surface area contributed by atoms with E-state index in [2.05, 4.69) is 20.9 Å². The molecule has 0 saturated heterocycles. The van der Waals surface area contributed by atoms with Crippen LogP contribution in [0.15, 0.2) is 50.9 Å². The standard InChI is InChI=1S/C15H10BrNO3S/c1-19-13-5-4-9(16)7-11(13)14-17-12(15(18)20-14)8-10-3-2-6-21-10/h2-8H,1H3/b12-8+. The van der Waals surface area contributed by atoms with Crippen LogP contribution in [-0.4, -0.2) is 19.0 Å². The summed E-state index contributed by atoms with van der Waals surface area (Å²) in [5.74, 6) is 0.392. The minimum atomic E-state index is -0.458. The number of carbonyl (C=O) groups is 1. The zero-order chi connectivity index (χ0) is 14.8. The molecule has 0 bridgehead atoms. The van der Waals surface area contributed by atoms with E-state index in [-0.39, 0.29) is 11.6 Å². The Bertz CT molecular complexity index is 750. The van der Waals surface area contributed by atoms with E-state index in [1.54, 1.807) is 25.3 Å². The van der Waals surface area contributed by atoms with E-state index < -0.39 is 5.97 Å². The van der Waals surface area contributed by atoms with Crippen LogP contribution >= 0.6 is 27.3 Å². The lowest BCUT2D eigenvalue weighted by Gasteiger charge is -2.07. The molecule has 6 heteroatoms. The van der Waals surface area contributed by atoms with Crippen LogP contribution in [0.2, 0.25) is 0 Å². The molecule has 106 valence electrons. The summed E-state index contributed by atoms with van der Waals surface area (Å²) < 4.78 is 11.4. The van der Waals surface area contributed by atoms with Crippen molar-refractivity contribution in [3.05, 3.63) is 56.3 Å². The van der Waals surface area contributed by atoms with Gasteiger partial charge in [0.25, 0.3) is 0 Å². The van der Waals surface area contributed by atoms with Crippen molar-refractivity contribution in [2.45, 2.75) is 0 Å². The predicted molar refractivity (Wildman–Crippen MR) is 85.6 cm³/mol. The zero-order valence-electron chi connectivity index (χ0n) is 11.0. The number of rotatable bonds is 3. The minimum absolute atomic E-state index is 0.251. The minimum Gasteiger partial charge on any atom is -0.496 e. The molecular weight excluding hydrogens is 354 g/mol. The molecule has 0 atom stereocenters. The van der Waals surface area contributed by atoms with Gasteiger partial charge in [-0.15, -0.1) is 11.3 Å². The van der Waals surface area contributed by atoms with E-state index in [1.807, 2.05) is 23.6 Å². The maximum atomic E-state index is 11.9. The monoisotopic (exact) mass is 363 g/mol. The quantitative estimate of drug-likeness (QED) is 0.614. The van der Waals surface area contributed by atoms with E-state index in [9.17, 15) is 4.79 Å². The van der Waals surface area contributed by atoms with Crippen molar-refractivity contribution in [2.24, 2.45) is 4.99 Å². The molecular formula is C15H10BrNO3S. The van der Waals surface area contributed by atoms with E-state index in [0.717, 1.165) is 9.35 Å². The predicted octanol–water partition coefficient (Wildman–Crippen LogP) is 3.86. The molecule has 0 saturated carbocycles. The second-order valence-corrected chi connectivity index (χ2v) is 6.09. The SMILES string of the molecule is COc1ccc(Br)cc1C1=N/C(=C/c2cccs2)C(=O)O1. The van der Waals surface area contributed by atoms with Gasteiger partial charge in [0, 0.05) is 9.35 Å². The van der Waals surface area contributed by atoms with Gasteiger partial charge in [0.2, 0.25) is 5.90 Å². The molecule has 2 heterocycles. The van der Waals surface area contributed by atoms with Gasteiger partial charge in [-0.2, -0.15) is 0 Å². The van der Waals surface area contributed by atoms with Gasteiger partial charge in [-0.1, -0.05) is 22.0 Å². The molecule has 1 aromatic heterocycles. The number of esters is 1. The van der Waals surface area contributed by atoms with E-state index in [1.165, 1.54) is 11.3 Å². The molecule has 0 spiro atoms. The third-order valence-electron chi connectivity index (χ3n) is 2.83. The first-order valence-electron chi connectivity index (χ1n) is 6.07. The number of carbonyl (C=O) groups excluding carboxylic acids is 1. The second-order valence-electron chi connectivity index (χ2n) is 4.20. The van der Waals surface area contributed by atoms with Gasteiger partial charge in [0.05, 0.1) is 12.7 Å². The summed E-state index contributed by atoms with van der Waals surface area (Å²) in [5, 5.41) is 1.94. The van der Waals surface area contributed by atoms with E-state index in [0.29, 0.717) is 11.3 Å². The van der Waals surface area contributed by atoms with Gasteiger partial charge in [0.15, 0.2) is 5.70 Å². The summed E-state index contributed by atoms with van der Waals surface area (Å²) in [6.07, 6.45) is 1.71. The molecule has 1 aliphatic heterocycles. The highest BCUT2D eigenvalue weighted by molar-refractivity contribution is 9.10. The smallest absolute Gasteiger partial charge is 0.363 e. The lowest BCUT2D eigenvalue weighted by Crippen LogP contribution is -2.07. The van der Waals surface area contributed by atoms with Crippen molar-refractivity contribution >= 4 is 45.2 Å². The number of hydrogen-bond acceptors (Lipinski definition) is 5. The highest BCUT2D eigenvalue weighted by Gasteiger charge is 2.26. The van der Waals surface area contributed by atoms with Crippen molar-refractivity contribution in [3.63, 3.8) is 0 Å². The average molecular weight is 364 g/mol. The fourth-order valence-corrected chi connectivity index (χ4v) is 2.89. The summed E-state index contributed by atoms with van der Waals surface area (Å²) in [6.45, 7) is 0. The lowest BCUT2D eigenvalue weighted by molar-refractivity contribution is -0.129. The maximum Gasteiger partial charge on any atom is 0.363 e. The molecule has 4 nitrogen and oxygen atoms in total. The molecule has 0 radical (unpaired) electrons. The van der Waals surface area contributed by atoms with Gasteiger partial charge >= 0.3 is 5.97 Å². The Balaban J connectivity index is 2.01. The lowest BCUT2D eigenvalue weighted by atomic mass is 10.2. The number of nitrogens with zero attached hydrogens (tertiary/aromatic N) is 1. The van der Waals surface area contributed by atoms with Crippen molar-refractivity contribution < 1.29 is 14.3 Å². The molecule has 1 aromatic carbocycles. The van der Waals surface area contributed by atoms with Gasteiger partial charge in [-0.05, 0) is 35.7 Å². The maximum absolute atomic E-state index is 11.9. The second kappa shape index (κ2) is 5.83. The Morgan fingerprint density at radius 2 is 2.24 bits per heavy atom. The molecule has 0 amide bonds. The molecule has 2 aromatic rings. The van der Waals surface area contributed by atoms with Crippen molar-refractivity contribution in [1.82, 2.24) is 0 Å². The molecule has 0 unspecified atom stereocenters. The first-order valence-corrected chi connectivity index (χ1v) is 7.74. The normalized spacial score (nSPS) is 16.0. The summed E-state index contributed by atoms with van der Waals surface area (Å²) in [6, 6.07) is 9.27. The van der Waals surface area contributed by atoms with E-state index in [4.69, 9.17) is 9.47 Å². The summed E-state index contributed by atoms with van der Waals surface area (Å²) in [5.41, 5.74) is 0.921. The number of hydrogen-bond donors (Lipinski definition) is 0. The van der Waals surface area contributed by atoms with Crippen molar-refractivity contribution in [2.75, 3.05) is 7.11 Å². The first kappa shape index (κ1) is 14.0. The number of halogens is 1. The van der Waals surface area contributed by atoms with Crippen LogP contribution in [0.4, 0.5) is 0 Å². The van der Waals surface area contributed by atoms with Crippen LogP contribution in [0.1, 0.15) is 10.4 Å².